The van der Waals surface area contributed by atoms with E-state index in [1.54, 1.807) is 12.1 Å². The molecule has 3 rings (SSSR count). The van der Waals surface area contributed by atoms with Crippen LogP contribution in [-0.4, -0.2) is 15.1 Å². The number of nitrogens with zero attached hydrogens (tertiary/aromatic N) is 3. The summed E-state index contributed by atoms with van der Waals surface area (Å²) in [6, 6.07) is 14.8. The van der Waals surface area contributed by atoms with Gasteiger partial charge in [0.15, 0.2) is 0 Å². The lowest BCUT2D eigenvalue weighted by Crippen LogP contribution is -2.28. The average molecular weight is 409 g/mol. The first kappa shape index (κ1) is 21.6. The van der Waals surface area contributed by atoms with E-state index >= 15 is 0 Å². The minimum Gasteiger partial charge on any atom is -0.419 e. The highest BCUT2D eigenvalue weighted by molar-refractivity contribution is 5.55. The summed E-state index contributed by atoms with van der Waals surface area (Å²) in [5, 5.41) is 22.7. The number of benzene rings is 2. The molecule has 158 valence electrons. The SMILES string of the molecule is CCCc1ccc([C@H](N[C@@H](C)c2nnc(-c3ccc([N+](=O)[O-])cc3)o2)C(C)C)cc1. The van der Waals surface area contributed by atoms with Crippen LogP contribution in [0.25, 0.3) is 11.5 Å². The topological polar surface area (TPSA) is 94.1 Å². The van der Waals surface area contributed by atoms with Gasteiger partial charge in [-0.25, -0.2) is 0 Å². The highest BCUT2D eigenvalue weighted by atomic mass is 16.6. The third kappa shape index (κ3) is 5.10. The molecule has 2 atom stereocenters. The van der Waals surface area contributed by atoms with Crippen LogP contribution in [0.5, 0.6) is 0 Å². The van der Waals surface area contributed by atoms with E-state index < -0.39 is 4.92 Å². The summed E-state index contributed by atoms with van der Waals surface area (Å²) in [6.45, 7) is 8.54. The number of aryl methyl sites for hydroxylation is 1. The van der Waals surface area contributed by atoms with E-state index in [-0.39, 0.29) is 17.8 Å². The van der Waals surface area contributed by atoms with Crippen LogP contribution < -0.4 is 5.32 Å². The van der Waals surface area contributed by atoms with Gasteiger partial charge in [0.2, 0.25) is 11.8 Å². The molecule has 2 aromatic carbocycles. The van der Waals surface area contributed by atoms with E-state index in [9.17, 15) is 10.1 Å². The summed E-state index contributed by atoms with van der Waals surface area (Å²) in [6.07, 6.45) is 2.22. The van der Waals surface area contributed by atoms with Crippen LogP contribution in [0.4, 0.5) is 5.69 Å². The van der Waals surface area contributed by atoms with Gasteiger partial charge in [-0.3, -0.25) is 15.4 Å². The second kappa shape index (κ2) is 9.63. The number of nitro benzene ring substituents is 1. The molecule has 3 aromatic rings. The first-order valence-electron chi connectivity index (χ1n) is 10.3. The Kier molecular flexibility index (Phi) is 6.95. The molecule has 0 fully saturated rings. The fourth-order valence-corrected chi connectivity index (χ4v) is 3.45. The van der Waals surface area contributed by atoms with E-state index in [2.05, 4.69) is 60.6 Å². The monoisotopic (exact) mass is 408 g/mol. The summed E-state index contributed by atoms with van der Waals surface area (Å²) in [4.78, 5) is 10.4. The van der Waals surface area contributed by atoms with Crippen LogP contribution in [0, 0.1) is 16.0 Å². The van der Waals surface area contributed by atoms with Crippen LogP contribution in [0.2, 0.25) is 0 Å². The summed E-state index contributed by atoms with van der Waals surface area (Å²) >= 11 is 0. The van der Waals surface area contributed by atoms with Crippen molar-refractivity contribution in [3.63, 3.8) is 0 Å². The number of rotatable bonds is 9. The van der Waals surface area contributed by atoms with Gasteiger partial charge in [0.05, 0.1) is 11.0 Å². The summed E-state index contributed by atoms with van der Waals surface area (Å²) in [7, 11) is 0. The van der Waals surface area contributed by atoms with Crippen molar-refractivity contribution in [3.8, 4) is 11.5 Å². The molecule has 1 heterocycles. The molecular weight excluding hydrogens is 380 g/mol. The summed E-state index contributed by atoms with van der Waals surface area (Å²) < 4.78 is 5.84. The van der Waals surface area contributed by atoms with Crippen molar-refractivity contribution in [2.45, 2.75) is 52.6 Å². The Hall–Kier alpha value is -3.06. The predicted octanol–water partition coefficient (Wildman–Crippen LogP) is 5.65. The van der Waals surface area contributed by atoms with Crippen molar-refractivity contribution in [1.82, 2.24) is 15.5 Å². The van der Waals surface area contributed by atoms with Gasteiger partial charge in [-0.05, 0) is 42.5 Å². The van der Waals surface area contributed by atoms with Gasteiger partial charge >= 0.3 is 0 Å². The Balaban J connectivity index is 1.73. The van der Waals surface area contributed by atoms with Gasteiger partial charge in [0.25, 0.3) is 5.69 Å². The molecule has 1 aromatic heterocycles. The first-order valence-corrected chi connectivity index (χ1v) is 10.3. The number of aromatic nitrogens is 2. The number of nitro groups is 1. The lowest BCUT2D eigenvalue weighted by molar-refractivity contribution is -0.384. The smallest absolute Gasteiger partial charge is 0.269 e. The minimum absolute atomic E-state index is 0.0262. The van der Waals surface area contributed by atoms with E-state index in [0.717, 1.165) is 12.8 Å². The second-order valence-corrected chi connectivity index (χ2v) is 7.85. The highest BCUT2D eigenvalue weighted by Crippen LogP contribution is 2.28. The molecule has 1 N–H and O–H groups in total. The van der Waals surface area contributed by atoms with Crippen LogP contribution in [0.3, 0.4) is 0 Å². The Labute approximate surface area is 176 Å². The third-order valence-corrected chi connectivity index (χ3v) is 5.11. The minimum atomic E-state index is -0.435. The molecule has 0 aliphatic carbocycles. The lowest BCUT2D eigenvalue weighted by Gasteiger charge is -2.25. The molecule has 0 saturated heterocycles. The molecule has 30 heavy (non-hydrogen) atoms. The molecule has 7 nitrogen and oxygen atoms in total. The molecule has 0 aliphatic heterocycles. The quantitative estimate of drug-likeness (QED) is 0.363. The van der Waals surface area contributed by atoms with Gasteiger partial charge in [0, 0.05) is 23.7 Å². The van der Waals surface area contributed by atoms with Crippen molar-refractivity contribution >= 4 is 5.69 Å². The van der Waals surface area contributed by atoms with E-state index in [0.29, 0.717) is 23.3 Å². The maximum atomic E-state index is 10.8. The van der Waals surface area contributed by atoms with Gasteiger partial charge in [-0.2, -0.15) is 0 Å². The second-order valence-electron chi connectivity index (χ2n) is 7.85. The molecule has 0 saturated carbocycles. The zero-order valence-electron chi connectivity index (χ0n) is 17.8. The maximum absolute atomic E-state index is 10.8. The molecule has 7 heteroatoms. The number of hydrogen-bond donors (Lipinski definition) is 1. The Bertz CT molecular complexity index is 965. The van der Waals surface area contributed by atoms with Gasteiger partial charge < -0.3 is 4.42 Å². The molecular formula is C23H28N4O3. The van der Waals surface area contributed by atoms with E-state index in [1.807, 2.05) is 6.92 Å². The zero-order chi connectivity index (χ0) is 21.7. The maximum Gasteiger partial charge on any atom is 0.269 e. The highest BCUT2D eigenvalue weighted by Gasteiger charge is 2.22. The Morgan fingerprint density at radius 2 is 1.70 bits per heavy atom. The fraction of sp³-hybridized carbons (Fsp3) is 0.391. The molecule has 0 spiro atoms. The zero-order valence-corrected chi connectivity index (χ0v) is 17.8. The lowest BCUT2D eigenvalue weighted by atomic mass is 9.94. The van der Waals surface area contributed by atoms with Gasteiger partial charge in [-0.1, -0.05) is 51.5 Å². The first-order chi connectivity index (χ1) is 14.4. The Morgan fingerprint density at radius 3 is 2.27 bits per heavy atom. The largest absolute Gasteiger partial charge is 0.419 e. The normalized spacial score (nSPS) is 13.4. The van der Waals surface area contributed by atoms with Crippen molar-refractivity contribution in [2.75, 3.05) is 0 Å². The number of hydrogen-bond acceptors (Lipinski definition) is 6. The Morgan fingerprint density at radius 1 is 1.03 bits per heavy atom. The molecule has 0 aliphatic rings. The molecule has 0 radical (unpaired) electrons. The number of nitrogens with one attached hydrogen (secondary N) is 1. The van der Waals surface area contributed by atoms with Crippen LogP contribution >= 0.6 is 0 Å². The summed E-state index contributed by atoms with van der Waals surface area (Å²) in [5.41, 5.74) is 3.25. The number of non-ortho nitro benzene ring substituents is 1. The van der Waals surface area contributed by atoms with Crippen molar-refractivity contribution < 1.29 is 9.34 Å². The molecule has 0 bridgehead atoms. The van der Waals surface area contributed by atoms with Crippen LogP contribution in [0.15, 0.2) is 52.9 Å². The van der Waals surface area contributed by atoms with Crippen molar-refractivity contribution in [2.24, 2.45) is 5.92 Å². The average Bonchev–Trinajstić information content (AvgIpc) is 3.23. The van der Waals surface area contributed by atoms with Gasteiger partial charge in [0.1, 0.15) is 0 Å². The summed E-state index contributed by atoms with van der Waals surface area (Å²) in [5.74, 6) is 1.21. The van der Waals surface area contributed by atoms with Crippen molar-refractivity contribution in [1.29, 1.82) is 0 Å². The van der Waals surface area contributed by atoms with Gasteiger partial charge in [-0.15, -0.1) is 10.2 Å². The van der Waals surface area contributed by atoms with Crippen molar-refractivity contribution in [3.05, 3.63) is 75.7 Å². The van der Waals surface area contributed by atoms with Crippen LogP contribution in [0.1, 0.15) is 63.2 Å². The van der Waals surface area contributed by atoms with E-state index in [1.165, 1.54) is 23.3 Å². The predicted molar refractivity (Wildman–Crippen MR) is 116 cm³/mol. The molecule has 0 amide bonds. The van der Waals surface area contributed by atoms with Crippen LogP contribution in [-0.2, 0) is 6.42 Å². The fourth-order valence-electron chi connectivity index (χ4n) is 3.45. The third-order valence-electron chi connectivity index (χ3n) is 5.11. The standard InChI is InChI=1S/C23H28N4O3/c1-5-6-17-7-9-18(10-8-17)21(15(2)3)24-16(4)22-25-26-23(30-22)19-11-13-20(14-12-19)27(28)29/h7-16,21,24H,5-6H2,1-4H3/t16-,21+/m0/s1. The van der Waals surface area contributed by atoms with E-state index in [4.69, 9.17) is 4.42 Å². The molecule has 0 unspecified atom stereocenters.